The van der Waals surface area contributed by atoms with Crippen LogP contribution in [0.2, 0.25) is 0 Å². The van der Waals surface area contributed by atoms with Crippen LogP contribution < -0.4 is 4.90 Å². The van der Waals surface area contributed by atoms with Gasteiger partial charge in [0, 0.05) is 38.0 Å². The third-order valence-corrected chi connectivity index (χ3v) is 3.76. The number of carbonyl (C=O) groups is 1. The molecule has 0 spiro atoms. The van der Waals surface area contributed by atoms with Gasteiger partial charge in [-0.15, -0.1) is 0 Å². The Balaban J connectivity index is 1.82. The molecule has 1 saturated heterocycles. The maximum absolute atomic E-state index is 11.7. The molecule has 0 unspecified atom stereocenters. The van der Waals surface area contributed by atoms with Crippen molar-refractivity contribution in [2.24, 2.45) is 0 Å². The van der Waals surface area contributed by atoms with Gasteiger partial charge in [0.1, 0.15) is 12.1 Å². The van der Waals surface area contributed by atoms with Crippen molar-refractivity contribution < 1.29 is 4.79 Å². The first kappa shape index (κ1) is 12.8. The molecule has 5 heteroatoms. The quantitative estimate of drug-likeness (QED) is 0.833. The third-order valence-electron chi connectivity index (χ3n) is 3.76. The van der Waals surface area contributed by atoms with Crippen LogP contribution in [-0.4, -0.2) is 47.0 Å². The number of hydrogen-bond acceptors (Lipinski definition) is 4. The fourth-order valence-corrected chi connectivity index (χ4v) is 2.63. The zero-order valence-electron chi connectivity index (χ0n) is 11.6. The van der Waals surface area contributed by atoms with Gasteiger partial charge in [0.15, 0.2) is 0 Å². The van der Waals surface area contributed by atoms with E-state index in [-0.39, 0.29) is 5.91 Å². The Morgan fingerprint density at radius 2 is 1.90 bits per heavy atom. The summed E-state index contributed by atoms with van der Waals surface area (Å²) < 4.78 is 0. The van der Waals surface area contributed by atoms with Gasteiger partial charge in [0.2, 0.25) is 5.91 Å². The number of hydrogen-bond donors (Lipinski definition) is 0. The first-order valence-electron chi connectivity index (χ1n) is 7.02. The van der Waals surface area contributed by atoms with Gasteiger partial charge in [-0.25, -0.2) is 9.97 Å². The van der Waals surface area contributed by atoms with E-state index in [0.29, 0.717) is 6.42 Å². The fourth-order valence-electron chi connectivity index (χ4n) is 2.63. The number of fused-ring (bicyclic) bond motifs is 1. The molecule has 1 aliphatic rings. The molecular weight excluding hydrogens is 252 g/mol. The summed E-state index contributed by atoms with van der Waals surface area (Å²) in [7, 11) is 0. The van der Waals surface area contributed by atoms with E-state index in [4.69, 9.17) is 0 Å². The summed E-state index contributed by atoms with van der Waals surface area (Å²) in [6.07, 6.45) is 2.19. The monoisotopic (exact) mass is 270 g/mol. The number of anilines is 1. The average molecular weight is 270 g/mol. The summed E-state index contributed by atoms with van der Waals surface area (Å²) >= 11 is 0. The summed E-state index contributed by atoms with van der Waals surface area (Å²) in [6, 6.07) is 8.04. The molecule has 1 amide bonds. The topological polar surface area (TPSA) is 49.3 Å². The molecule has 104 valence electrons. The van der Waals surface area contributed by atoms with Crippen molar-refractivity contribution in [1.29, 1.82) is 0 Å². The van der Waals surface area contributed by atoms with Crippen LogP contribution >= 0.6 is 0 Å². The Morgan fingerprint density at radius 3 is 2.65 bits per heavy atom. The molecular formula is C15H18N4O. The van der Waals surface area contributed by atoms with Crippen LogP contribution in [-0.2, 0) is 4.79 Å². The zero-order chi connectivity index (χ0) is 13.9. The number of para-hydroxylation sites is 1. The second-order valence-corrected chi connectivity index (χ2v) is 4.94. The highest BCUT2D eigenvalue weighted by molar-refractivity contribution is 5.89. The largest absolute Gasteiger partial charge is 0.352 e. The SMILES string of the molecule is CCC(=O)N1CCN(c2ncnc3ccccc23)CC1. The number of piperazine rings is 1. The minimum Gasteiger partial charge on any atom is -0.352 e. The van der Waals surface area contributed by atoms with E-state index < -0.39 is 0 Å². The van der Waals surface area contributed by atoms with Crippen LogP contribution in [0.25, 0.3) is 10.9 Å². The van der Waals surface area contributed by atoms with Gasteiger partial charge in [0.25, 0.3) is 0 Å². The summed E-state index contributed by atoms with van der Waals surface area (Å²) in [5, 5.41) is 1.07. The Morgan fingerprint density at radius 1 is 1.15 bits per heavy atom. The molecule has 0 atom stereocenters. The standard InChI is InChI=1S/C15H18N4O/c1-2-14(20)18-7-9-19(10-8-18)15-12-5-3-4-6-13(12)16-11-17-15/h3-6,11H,2,7-10H2,1H3. The van der Waals surface area contributed by atoms with Gasteiger partial charge in [-0.05, 0) is 12.1 Å². The Labute approximate surface area is 118 Å². The molecule has 1 fully saturated rings. The van der Waals surface area contributed by atoms with Crippen LogP contribution in [0.5, 0.6) is 0 Å². The van der Waals surface area contributed by atoms with Crippen LogP contribution in [0, 0.1) is 0 Å². The lowest BCUT2D eigenvalue weighted by Gasteiger charge is -2.35. The van der Waals surface area contributed by atoms with Crippen molar-refractivity contribution >= 4 is 22.6 Å². The minimum absolute atomic E-state index is 0.234. The lowest BCUT2D eigenvalue weighted by Crippen LogP contribution is -2.48. The van der Waals surface area contributed by atoms with Crippen LogP contribution in [0.4, 0.5) is 5.82 Å². The van der Waals surface area contributed by atoms with Gasteiger partial charge in [-0.3, -0.25) is 4.79 Å². The van der Waals surface area contributed by atoms with E-state index in [2.05, 4.69) is 14.9 Å². The number of aromatic nitrogens is 2. The highest BCUT2D eigenvalue weighted by atomic mass is 16.2. The van der Waals surface area contributed by atoms with Gasteiger partial charge >= 0.3 is 0 Å². The van der Waals surface area contributed by atoms with Crippen molar-refractivity contribution in [3.63, 3.8) is 0 Å². The molecule has 0 bridgehead atoms. The molecule has 1 aliphatic heterocycles. The van der Waals surface area contributed by atoms with Crippen molar-refractivity contribution in [3.8, 4) is 0 Å². The summed E-state index contributed by atoms with van der Waals surface area (Å²) in [6.45, 7) is 5.10. The third kappa shape index (κ3) is 2.31. The van der Waals surface area contributed by atoms with E-state index in [1.54, 1.807) is 6.33 Å². The van der Waals surface area contributed by atoms with Crippen LogP contribution in [0.3, 0.4) is 0 Å². The second-order valence-electron chi connectivity index (χ2n) is 4.94. The molecule has 2 aromatic rings. The van der Waals surface area contributed by atoms with Crippen molar-refractivity contribution in [3.05, 3.63) is 30.6 Å². The van der Waals surface area contributed by atoms with E-state index in [1.807, 2.05) is 36.1 Å². The molecule has 5 nitrogen and oxygen atoms in total. The van der Waals surface area contributed by atoms with Crippen LogP contribution in [0.15, 0.2) is 30.6 Å². The molecule has 0 N–H and O–H groups in total. The Kier molecular flexibility index (Phi) is 3.50. The van der Waals surface area contributed by atoms with Gasteiger partial charge < -0.3 is 9.80 Å². The highest BCUT2D eigenvalue weighted by Crippen LogP contribution is 2.23. The number of benzene rings is 1. The summed E-state index contributed by atoms with van der Waals surface area (Å²) in [5.74, 6) is 1.20. The number of rotatable bonds is 2. The molecule has 3 rings (SSSR count). The number of amides is 1. The number of carbonyl (C=O) groups excluding carboxylic acids is 1. The Hall–Kier alpha value is -2.17. The van der Waals surface area contributed by atoms with Gasteiger partial charge in [-0.1, -0.05) is 19.1 Å². The predicted molar refractivity (Wildman–Crippen MR) is 78.6 cm³/mol. The molecule has 0 aliphatic carbocycles. The molecule has 20 heavy (non-hydrogen) atoms. The minimum atomic E-state index is 0.234. The molecule has 1 aromatic heterocycles. The first-order chi connectivity index (χ1) is 9.79. The zero-order valence-corrected chi connectivity index (χ0v) is 11.6. The van der Waals surface area contributed by atoms with Gasteiger partial charge in [0.05, 0.1) is 5.52 Å². The number of nitrogens with zero attached hydrogens (tertiary/aromatic N) is 4. The summed E-state index contributed by atoms with van der Waals surface area (Å²) in [5.41, 5.74) is 0.963. The maximum Gasteiger partial charge on any atom is 0.222 e. The normalized spacial score (nSPS) is 15.7. The smallest absolute Gasteiger partial charge is 0.222 e. The summed E-state index contributed by atoms with van der Waals surface area (Å²) in [4.78, 5) is 24.6. The fraction of sp³-hybridized carbons (Fsp3) is 0.400. The predicted octanol–water partition coefficient (Wildman–Crippen LogP) is 1.69. The molecule has 2 heterocycles. The maximum atomic E-state index is 11.7. The molecule has 0 radical (unpaired) electrons. The van der Waals surface area contributed by atoms with E-state index in [0.717, 1.165) is 42.9 Å². The van der Waals surface area contributed by atoms with E-state index in [1.165, 1.54) is 0 Å². The second kappa shape index (κ2) is 5.45. The lowest BCUT2D eigenvalue weighted by atomic mass is 10.2. The van der Waals surface area contributed by atoms with Crippen molar-refractivity contribution in [2.45, 2.75) is 13.3 Å². The Bertz CT molecular complexity index is 615. The molecule has 1 aromatic carbocycles. The highest BCUT2D eigenvalue weighted by Gasteiger charge is 2.21. The lowest BCUT2D eigenvalue weighted by molar-refractivity contribution is -0.131. The average Bonchev–Trinajstić information content (AvgIpc) is 2.54. The van der Waals surface area contributed by atoms with Crippen molar-refractivity contribution in [2.75, 3.05) is 31.1 Å². The van der Waals surface area contributed by atoms with Gasteiger partial charge in [-0.2, -0.15) is 0 Å². The van der Waals surface area contributed by atoms with Crippen LogP contribution in [0.1, 0.15) is 13.3 Å². The molecule has 0 saturated carbocycles. The van der Waals surface area contributed by atoms with E-state index in [9.17, 15) is 4.79 Å². The van der Waals surface area contributed by atoms with Crippen molar-refractivity contribution in [1.82, 2.24) is 14.9 Å². The first-order valence-corrected chi connectivity index (χ1v) is 7.02. The van der Waals surface area contributed by atoms with E-state index >= 15 is 0 Å².